The number of benzene rings is 2. The largest absolute Gasteiger partial charge is 0.407 e. The molecule has 15 nitrogen and oxygen atoms in total. The number of nitrogens with one attached hydrogen (secondary N) is 2. The Morgan fingerprint density at radius 3 is 1.85 bits per heavy atom. The van der Waals surface area contributed by atoms with Crippen molar-refractivity contribution in [1.82, 2.24) is 25.0 Å². The number of nitrogens with zero attached hydrogens (tertiary/aromatic N) is 8. The van der Waals surface area contributed by atoms with Gasteiger partial charge in [-0.25, -0.2) is 14.2 Å². The third-order valence-corrected chi connectivity index (χ3v) is 14.6. The van der Waals surface area contributed by atoms with Crippen LogP contribution in [0.15, 0.2) is 54.7 Å². The fourth-order valence-corrected chi connectivity index (χ4v) is 10.6. The van der Waals surface area contributed by atoms with E-state index >= 15 is 4.39 Å². The van der Waals surface area contributed by atoms with E-state index in [0.29, 0.717) is 23.0 Å². The average molecular weight is 927 g/mol. The van der Waals surface area contributed by atoms with Crippen LogP contribution < -0.4 is 25.3 Å². The number of imide groups is 2. The molecule has 2 N–H and O–H groups in total. The maximum absolute atomic E-state index is 15.9. The fourth-order valence-electron chi connectivity index (χ4n) is 10.6. The van der Waals surface area contributed by atoms with E-state index in [4.69, 9.17) is 6.57 Å². The Hall–Kier alpha value is -6.13. The number of piperidine rings is 4. The van der Waals surface area contributed by atoms with Gasteiger partial charge in [-0.15, -0.1) is 0 Å². The third-order valence-electron chi connectivity index (χ3n) is 14.6. The summed E-state index contributed by atoms with van der Waals surface area (Å²) < 4.78 is 56.4. The first kappa shape index (κ1) is 46.0. The van der Waals surface area contributed by atoms with Gasteiger partial charge in [0.25, 0.3) is 17.7 Å². The first-order chi connectivity index (χ1) is 32.2. The van der Waals surface area contributed by atoms with Crippen molar-refractivity contribution in [3.63, 3.8) is 0 Å². The Morgan fingerprint density at radius 2 is 1.28 bits per heavy atom. The number of fused-ring (bicyclic) bond motifs is 1. The van der Waals surface area contributed by atoms with Crippen molar-refractivity contribution >= 4 is 58.1 Å². The molecule has 9 rings (SSSR count). The molecule has 6 aliphatic heterocycles. The van der Waals surface area contributed by atoms with E-state index in [9.17, 15) is 37.1 Å². The van der Waals surface area contributed by atoms with Crippen LogP contribution in [0.2, 0.25) is 0 Å². The van der Waals surface area contributed by atoms with Gasteiger partial charge in [0.2, 0.25) is 11.8 Å². The van der Waals surface area contributed by atoms with E-state index in [-0.39, 0.29) is 50.3 Å². The predicted octanol–water partition coefficient (Wildman–Crippen LogP) is 5.75. The van der Waals surface area contributed by atoms with E-state index in [1.54, 1.807) is 29.3 Å². The predicted molar refractivity (Wildman–Crippen MR) is 242 cm³/mol. The summed E-state index contributed by atoms with van der Waals surface area (Å²) in [5, 5.41) is 4.84. The van der Waals surface area contributed by atoms with Gasteiger partial charge in [-0.2, -0.15) is 13.2 Å². The standard InChI is InChI=1S/C48H54F4N10O5/c1-53-39-6-3-34(27-38(39)48(50,51)52)61-20-14-47(49,15-21-61)46(67)55-41-8-4-35(28-54-41)60-18-12-32(13-19-60)30-58-24-22-57(23-25-58)29-31-10-16-59(17-11-31)33-2-5-36-37(26-33)45(66)62(44(36)65)40-7-9-42(63)56-43(40)64/h2-6,8,26-28,31-32,40H,7,9-25,29-30H2,(H,54,55,67)(H,56,63,64). The molecule has 5 saturated heterocycles. The second-order valence-electron chi connectivity index (χ2n) is 18.8. The van der Waals surface area contributed by atoms with Gasteiger partial charge >= 0.3 is 6.18 Å². The lowest BCUT2D eigenvalue weighted by Gasteiger charge is -2.41. The Morgan fingerprint density at radius 1 is 0.731 bits per heavy atom. The van der Waals surface area contributed by atoms with Crippen molar-refractivity contribution in [2.24, 2.45) is 11.8 Å². The monoisotopic (exact) mass is 926 g/mol. The summed E-state index contributed by atoms with van der Waals surface area (Å²) in [6.07, 6.45) is 0.950. The third kappa shape index (κ3) is 9.82. The lowest BCUT2D eigenvalue weighted by Crippen LogP contribution is -2.54. The van der Waals surface area contributed by atoms with Gasteiger partial charge in [-0.05, 0) is 86.4 Å². The zero-order valence-corrected chi connectivity index (χ0v) is 37.2. The van der Waals surface area contributed by atoms with Crippen molar-refractivity contribution in [1.29, 1.82) is 0 Å². The lowest BCUT2D eigenvalue weighted by molar-refractivity contribution is -0.137. The summed E-state index contributed by atoms with van der Waals surface area (Å²) in [6, 6.07) is 11.3. The van der Waals surface area contributed by atoms with E-state index in [0.717, 1.165) is 120 Å². The van der Waals surface area contributed by atoms with Gasteiger partial charge in [-0.3, -0.25) is 34.2 Å². The molecular weight excluding hydrogens is 873 g/mol. The number of aromatic nitrogens is 1. The minimum atomic E-state index is -4.70. The SMILES string of the molecule is [C-]#[N+]c1ccc(N2CCC(F)(C(=O)Nc3ccc(N4CCC(CN5CCN(CC6CCN(c7ccc8c(c7)C(=O)N(C7CCC(=O)NC7=O)C8=O)CC6)CC5)CC4)cn3)CC2)cc1C(F)(F)F. The highest BCUT2D eigenvalue weighted by Gasteiger charge is 2.46. The summed E-state index contributed by atoms with van der Waals surface area (Å²) >= 11 is 0. The Bertz CT molecular complexity index is 2430. The van der Waals surface area contributed by atoms with Crippen LogP contribution in [0.3, 0.4) is 0 Å². The van der Waals surface area contributed by atoms with Gasteiger partial charge in [-0.1, -0.05) is 6.07 Å². The molecular formula is C48H54F4N10O5. The van der Waals surface area contributed by atoms with Gasteiger partial charge in [0.05, 0.1) is 35.1 Å². The average Bonchev–Trinajstić information content (AvgIpc) is 3.57. The molecule has 19 heteroatoms. The van der Waals surface area contributed by atoms with Crippen LogP contribution in [0.4, 0.5) is 46.1 Å². The van der Waals surface area contributed by atoms with Crippen LogP contribution >= 0.6 is 0 Å². The van der Waals surface area contributed by atoms with Crippen LogP contribution in [0.25, 0.3) is 4.85 Å². The van der Waals surface area contributed by atoms with Crippen molar-refractivity contribution in [3.8, 4) is 0 Å². The number of pyridine rings is 1. The van der Waals surface area contributed by atoms with Crippen LogP contribution in [0.5, 0.6) is 0 Å². The van der Waals surface area contributed by atoms with E-state index in [1.807, 2.05) is 12.1 Å². The molecule has 1 atom stereocenters. The highest BCUT2D eigenvalue weighted by Crippen LogP contribution is 2.40. The minimum Gasteiger partial charge on any atom is -0.371 e. The minimum absolute atomic E-state index is 0.0363. The van der Waals surface area contributed by atoms with Gasteiger partial charge in [0.15, 0.2) is 11.4 Å². The molecule has 0 aliphatic carbocycles. The molecule has 1 unspecified atom stereocenters. The van der Waals surface area contributed by atoms with E-state index in [1.165, 1.54) is 6.07 Å². The highest BCUT2D eigenvalue weighted by molar-refractivity contribution is 6.23. The number of alkyl halides is 4. The number of hydrogen-bond acceptors (Lipinski definition) is 11. The van der Waals surface area contributed by atoms with E-state index in [2.05, 4.69) is 40.1 Å². The number of amides is 5. The maximum Gasteiger partial charge on any atom is 0.407 e. The zero-order chi connectivity index (χ0) is 47.0. The molecule has 7 heterocycles. The molecule has 6 aliphatic rings. The highest BCUT2D eigenvalue weighted by atomic mass is 19.4. The quantitative estimate of drug-likeness (QED) is 0.146. The number of carbonyl (C=O) groups is 5. The fraction of sp³-hybridized carbons (Fsp3) is 0.521. The Kier molecular flexibility index (Phi) is 13.0. The molecule has 0 radical (unpaired) electrons. The van der Waals surface area contributed by atoms with Crippen LogP contribution in [-0.2, 0) is 20.6 Å². The molecule has 5 amide bonds. The van der Waals surface area contributed by atoms with Gasteiger partial charge in [0.1, 0.15) is 11.9 Å². The topological polar surface area (TPSA) is 146 Å². The summed E-state index contributed by atoms with van der Waals surface area (Å²) in [6.45, 7) is 16.9. The number of carbonyl (C=O) groups excluding carboxylic acids is 5. The summed E-state index contributed by atoms with van der Waals surface area (Å²) in [4.78, 5) is 83.3. The molecule has 0 spiro atoms. The van der Waals surface area contributed by atoms with Gasteiger partial charge in [0, 0.05) is 109 Å². The van der Waals surface area contributed by atoms with Gasteiger partial charge < -0.3 is 29.8 Å². The number of rotatable bonds is 10. The normalized spacial score (nSPS) is 22.5. The van der Waals surface area contributed by atoms with Crippen molar-refractivity contribution < 1.29 is 41.5 Å². The number of halogens is 4. The molecule has 0 saturated carbocycles. The summed E-state index contributed by atoms with van der Waals surface area (Å²) in [5.74, 6) is -1.43. The molecule has 354 valence electrons. The molecule has 67 heavy (non-hydrogen) atoms. The molecule has 1 aromatic heterocycles. The number of piperazine rings is 1. The number of anilines is 4. The molecule has 0 bridgehead atoms. The van der Waals surface area contributed by atoms with Crippen LogP contribution in [0.1, 0.15) is 77.6 Å². The van der Waals surface area contributed by atoms with Crippen molar-refractivity contribution in [3.05, 3.63) is 82.8 Å². The molecule has 2 aromatic carbocycles. The Balaban J connectivity index is 0.668. The smallest absolute Gasteiger partial charge is 0.371 e. The molecule has 5 fully saturated rings. The summed E-state index contributed by atoms with van der Waals surface area (Å²) in [5.41, 5.74) is -1.09. The molecule has 3 aromatic rings. The Labute approximate surface area is 386 Å². The van der Waals surface area contributed by atoms with E-state index < -0.39 is 58.7 Å². The lowest BCUT2D eigenvalue weighted by atomic mass is 9.92. The van der Waals surface area contributed by atoms with Crippen molar-refractivity contribution in [2.75, 3.05) is 98.6 Å². The maximum atomic E-state index is 15.9. The first-order valence-corrected chi connectivity index (χ1v) is 23.3. The summed E-state index contributed by atoms with van der Waals surface area (Å²) in [7, 11) is 0. The second-order valence-corrected chi connectivity index (χ2v) is 18.8. The zero-order valence-electron chi connectivity index (χ0n) is 37.2. The number of hydrogen-bond donors (Lipinski definition) is 2. The van der Waals surface area contributed by atoms with Crippen LogP contribution in [0, 0.1) is 18.4 Å². The van der Waals surface area contributed by atoms with Crippen molar-refractivity contribution in [2.45, 2.75) is 69.3 Å². The van der Waals surface area contributed by atoms with Crippen LogP contribution in [-0.4, -0.2) is 139 Å². The second kappa shape index (κ2) is 18.9. The first-order valence-electron chi connectivity index (χ1n) is 23.3.